The second-order valence-electron chi connectivity index (χ2n) is 3.21. The van der Waals surface area contributed by atoms with Crippen LogP contribution >= 0.6 is 11.6 Å². The third kappa shape index (κ3) is 1.66. The number of nitrogens with zero attached hydrogens (tertiary/aromatic N) is 1. The molecule has 0 atom stereocenters. The van der Waals surface area contributed by atoms with Gasteiger partial charge in [0.25, 0.3) is 0 Å². The molecule has 2 rings (SSSR count). The monoisotopic (exact) mass is 207 g/mol. The van der Waals surface area contributed by atoms with Crippen LogP contribution in [0.25, 0.3) is 11.3 Å². The number of hydrogen-bond acceptors (Lipinski definition) is 2. The molecular formula is C11H10ClNO. The van der Waals surface area contributed by atoms with Gasteiger partial charge in [0.1, 0.15) is 0 Å². The molecule has 14 heavy (non-hydrogen) atoms. The molecule has 72 valence electrons. The maximum Gasteiger partial charge on any atom is 0.191 e. The van der Waals surface area contributed by atoms with Crippen LogP contribution in [0.1, 0.15) is 11.5 Å². The van der Waals surface area contributed by atoms with Crippen LogP contribution in [-0.2, 0) is 0 Å². The Labute approximate surface area is 87.5 Å². The zero-order chi connectivity index (χ0) is 10.1. The van der Waals surface area contributed by atoms with Crippen molar-refractivity contribution in [2.75, 3.05) is 0 Å². The van der Waals surface area contributed by atoms with Crippen LogP contribution in [0.3, 0.4) is 0 Å². The summed E-state index contributed by atoms with van der Waals surface area (Å²) < 4.78 is 5.41. The molecule has 0 amide bonds. The highest BCUT2D eigenvalue weighted by Crippen LogP contribution is 2.24. The van der Waals surface area contributed by atoms with E-state index in [0.29, 0.717) is 5.89 Å². The van der Waals surface area contributed by atoms with E-state index in [1.54, 1.807) is 6.20 Å². The summed E-state index contributed by atoms with van der Waals surface area (Å²) in [6.07, 6.45) is 1.72. The predicted octanol–water partition coefficient (Wildman–Crippen LogP) is 3.61. The molecule has 0 fully saturated rings. The summed E-state index contributed by atoms with van der Waals surface area (Å²) in [6.45, 7) is 3.79. The van der Waals surface area contributed by atoms with E-state index in [-0.39, 0.29) is 0 Å². The Hall–Kier alpha value is -1.28. The Morgan fingerprint density at radius 3 is 2.64 bits per heavy atom. The predicted molar refractivity (Wildman–Crippen MR) is 56.4 cm³/mol. The summed E-state index contributed by atoms with van der Waals surface area (Å²) in [6, 6.07) is 5.78. The van der Waals surface area contributed by atoms with E-state index in [0.717, 1.165) is 21.9 Å². The third-order valence-corrected chi connectivity index (χ3v) is 2.49. The van der Waals surface area contributed by atoms with Gasteiger partial charge in [-0.1, -0.05) is 11.6 Å². The molecule has 0 N–H and O–H groups in total. The lowest BCUT2D eigenvalue weighted by Crippen LogP contribution is -1.78. The second-order valence-corrected chi connectivity index (χ2v) is 3.61. The van der Waals surface area contributed by atoms with Gasteiger partial charge in [0, 0.05) is 17.5 Å². The van der Waals surface area contributed by atoms with Gasteiger partial charge in [0.05, 0.1) is 6.20 Å². The lowest BCUT2D eigenvalue weighted by atomic mass is 10.1. The minimum Gasteiger partial charge on any atom is -0.441 e. The summed E-state index contributed by atoms with van der Waals surface area (Å²) >= 11 is 5.93. The zero-order valence-electron chi connectivity index (χ0n) is 8.04. The van der Waals surface area contributed by atoms with Gasteiger partial charge < -0.3 is 4.42 Å². The van der Waals surface area contributed by atoms with Gasteiger partial charge in [-0.2, -0.15) is 0 Å². The zero-order valence-corrected chi connectivity index (χ0v) is 8.80. The molecule has 1 heterocycles. The van der Waals surface area contributed by atoms with Crippen molar-refractivity contribution in [1.82, 2.24) is 4.98 Å². The van der Waals surface area contributed by atoms with Crippen LogP contribution in [-0.4, -0.2) is 4.98 Å². The first-order chi connectivity index (χ1) is 6.66. The van der Waals surface area contributed by atoms with Crippen LogP contribution in [0.4, 0.5) is 0 Å². The topological polar surface area (TPSA) is 26.0 Å². The molecule has 0 radical (unpaired) electrons. The summed E-state index contributed by atoms with van der Waals surface area (Å²) in [5, 5.41) is 0.769. The quantitative estimate of drug-likeness (QED) is 0.714. The van der Waals surface area contributed by atoms with Crippen molar-refractivity contribution >= 4 is 11.6 Å². The molecule has 2 nitrogen and oxygen atoms in total. The van der Waals surface area contributed by atoms with Crippen molar-refractivity contribution in [3.8, 4) is 11.3 Å². The van der Waals surface area contributed by atoms with Crippen LogP contribution in [0.2, 0.25) is 5.02 Å². The molecular weight excluding hydrogens is 198 g/mol. The van der Waals surface area contributed by atoms with Gasteiger partial charge in [-0.15, -0.1) is 0 Å². The van der Waals surface area contributed by atoms with E-state index in [1.807, 2.05) is 32.0 Å². The smallest absolute Gasteiger partial charge is 0.191 e. The lowest BCUT2D eigenvalue weighted by Gasteiger charge is -2.00. The normalized spacial score (nSPS) is 10.5. The van der Waals surface area contributed by atoms with Crippen LogP contribution in [0, 0.1) is 13.8 Å². The van der Waals surface area contributed by atoms with Gasteiger partial charge in [-0.05, 0) is 30.7 Å². The van der Waals surface area contributed by atoms with Crippen molar-refractivity contribution in [1.29, 1.82) is 0 Å². The highest BCUT2D eigenvalue weighted by atomic mass is 35.5. The maximum absolute atomic E-state index is 5.93. The van der Waals surface area contributed by atoms with Gasteiger partial charge in [-0.3, -0.25) is 0 Å². The van der Waals surface area contributed by atoms with Crippen molar-refractivity contribution < 1.29 is 4.42 Å². The van der Waals surface area contributed by atoms with Crippen molar-refractivity contribution in [2.45, 2.75) is 13.8 Å². The third-order valence-electron chi connectivity index (χ3n) is 2.06. The molecule has 2 aromatic rings. The van der Waals surface area contributed by atoms with Gasteiger partial charge in [0.2, 0.25) is 0 Å². The van der Waals surface area contributed by atoms with Crippen LogP contribution in [0.15, 0.2) is 28.8 Å². The van der Waals surface area contributed by atoms with Crippen molar-refractivity contribution in [3.05, 3.63) is 40.9 Å². The Bertz CT molecular complexity index is 462. The molecule has 1 aromatic heterocycles. The van der Waals surface area contributed by atoms with Crippen LogP contribution in [0.5, 0.6) is 0 Å². The minimum absolute atomic E-state index is 0.674. The summed E-state index contributed by atoms with van der Waals surface area (Å²) in [5.74, 6) is 1.45. The molecule has 0 spiro atoms. The average Bonchev–Trinajstić information content (AvgIpc) is 2.57. The Morgan fingerprint density at radius 2 is 2.07 bits per heavy atom. The van der Waals surface area contributed by atoms with E-state index in [2.05, 4.69) is 4.98 Å². The first kappa shape index (κ1) is 9.28. The molecule has 1 aromatic carbocycles. The summed E-state index contributed by atoms with van der Waals surface area (Å²) in [4.78, 5) is 4.05. The summed E-state index contributed by atoms with van der Waals surface area (Å²) in [7, 11) is 0. The largest absolute Gasteiger partial charge is 0.441 e. The molecule has 0 bridgehead atoms. The standard InChI is InChI=1S/C11H10ClNO/c1-7-5-9(3-4-10(7)12)11-6-13-8(2)14-11/h3-6H,1-2H3. The molecule has 0 unspecified atom stereocenters. The van der Waals surface area contributed by atoms with Gasteiger partial charge in [-0.25, -0.2) is 4.98 Å². The maximum atomic E-state index is 5.93. The number of aryl methyl sites for hydroxylation is 2. The minimum atomic E-state index is 0.674. The molecule has 0 saturated heterocycles. The Morgan fingerprint density at radius 1 is 1.29 bits per heavy atom. The van der Waals surface area contributed by atoms with E-state index in [4.69, 9.17) is 16.0 Å². The van der Waals surface area contributed by atoms with Gasteiger partial charge >= 0.3 is 0 Å². The molecule has 0 aliphatic rings. The number of oxazole rings is 1. The summed E-state index contributed by atoms with van der Waals surface area (Å²) in [5.41, 5.74) is 2.05. The van der Waals surface area contributed by atoms with Crippen molar-refractivity contribution in [3.63, 3.8) is 0 Å². The number of hydrogen-bond donors (Lipinski definition) is 0. The molecule has 0 saturated carbocycles. The number of benzene rings is 1. The second kappa shape index (κ2) is 3.46. The number of halogens is 1. The molecule has 3 heteroatoms. The van der Waals surface area contributed by atoms with Gasteiger partial charge in [0.15, 0.2) is 11.7 Å². The molecule has 0 aliphatic heterocycles. The first-order valence-corrected chi connectivity index (χ1v) is 4.73. The fraction of sp³-hybridized carbons (Fsp3) is 0.182. The SMILES string of the molecule is Cc1ncc(-c2ccc(Cl)c(C)c2)o1. The highest BCUT2D eigenvalue weighted by molar-refractivity contribution is 6.31. The number of rotatable bonds is 1. The van der Waals surface area contributed by atoms with Crippen LogP contribution < -0.4 is 0 Å². The fourth-order valence-electron chi connectivity index (χ4n) is 1.29. The van der Waals surface area contributed by atoms with E-state index in [9.17, 15) is 0 Å². The van der Waals surface area contributed by atoms with E-state index in [1.165, 1.54) is 0 Å². The van der Waals surface area contributed by atoms with E-state index >= 15 is 0 Å². The van der Waals surface area contributed by atoms with Crippen molar-refractivity contribution in [2.24, 2.45) is 0 Å². The number of aromatic nitrogens is 1. The fourth-order valence-corrected chi connectivity index (χ4v) is 1.41. The highest BCUT2D eigenvalue weighted by Gasteiger charge is 2.04. The first-order valence-electron chi connectivity index (χ1n) is 4.36. The Balaban J connectivity index is 2.47. The lowest BCUT2D eigenvalue weighted by molar-refractivity contribution is 0.534. The Kier molecular flexibility index (Phi) is 2.30. The molecule has 0 aliphatic carbocycles. The average molecular weight is 208 g/mol. The van der Waals surface area contributed by atoms with E-state index < -0.39 is 0 Å².